The van der Waals surface area contributed by atoms with Crippen molar-refractivity contribution < 1.29 is 0 Å². The summed E-state index contributed by atoms with van der Waals surface area (Å²) >= 11 is 0. The van der Waals surface area contributed by atoms with Gasteiger partial charge in [0, 0.05) is 5.69 Å². The van der Waals surface area contributed by atoms with Gasteiger partial charge in [-0.25, -0.2) is 0 Å². The van der Waals surface area contributed by atoms with Crippen LogP contribution in [0.5, 0.6) is 0 Å². The maximum Gasteiger partial charge on any atom is 0.196 e. The van der Waals surface area contributed by atoms with E-state index < -0.39 is 0 Å². The average molecular weight is 273 g/mol. The van der Waals surface area contributed by atoms with Gasteiger partial charge in [-0.15, -0.1) is 0 Å². The first kappa shape index (κ1) is 14.9. The summed E-state index contributed by atoms with van der Waals surface area (Å²) in [6, 6.07) is 10.4. The van der Waals surface area contributed by atoms with Crippen molar-refractivity contribution in [3.05, 3.63) is 30.3 Å². The minimum Gasteiger partial charge on any atom is -0.369 e. The highest BCUT2D eigenvalue weighted by atomic mass is 15.4. The molecule has 20 heavy (non-hydrogen) atoms. The van der Waals surface area contributed by atoms with Crippen LogP contribution >= 0.6 is 0 Å². The van der Waals surface area contributed by atoms with Gasteiger partial charge in [-0.3, -0.25) is 4.99 Å². The van der Waals surface area contributed by atoms with E-state index in [1.165, 1.54) is 32.1 Å². The second kappa shape index (κ2) is 6.78. The Labute approximate surface area is 122 Å². The molecule has 3 nitrogen and oxygen atoms in total. The van der Waals surface area contributed by atoms with Gasteiger partial charge in [0.1, 0.15) is 0 Å². The van der Waals surface area contributed by atoms with E-state index >= 15 is 0 Å². The van der Waals surface area contributed by atoms with Gasteiger partial charge in [0.25, 0.3) is 0 Å². The van der Waals surface area contributed by atoms with E-state index in [1.807, 2.05) is 6.07 Å². The van der Waals surface area contributed by atoms with Crippen LogP contribution in [0.3, 0.4) is 0 Å². The van der Waals surface area contributed by atoms with E-state index in [1.54, 1.807) is 0 Å². The molecular formula is C17H27N3. The molecule has 1 aromatic rings. The van der Waals surface area contributed by atoms with Gasteiger partial charge in [0.05, 0.1) is 12.1 Å². The highest BCUT2D eigenvalue weighted by molar-refractivity contribution is 5.98. The van der Waals surface area contributed by atoms with Crippen molar-refractivity contribution in [1.82, 2.24) is 0 Å². The molecular weight excluding hydrogens is 246 g/mol. The minimum atomic E-state index is 0.0393. The largest absolute Gasteiger partial charge is 0.369 e. The zero-order valence-electron chi connectivity index (χ0n) is 12.8. The summed E-state index contributed by atoms with van der Waals surface area (Å²) in [7, 11) is 0. The van der Waals surface area contributed by atoms with Crippen LogP contribution in [0, 0.1) is 0 Å². The van der Waals surface area contributed by atoms with Crippen LogP contribution in [0.25, 0.3) is 0 Å². The quantitative estimate of drug-likeness (QED) is 0.764. The number of para-hydroxylation sites is 1. The highest BCUT2D eigenvalue weighted by Gasteiger charge is 2.38. The van der Waals surface area contributed by atoms with E-state index in [9.17, 15) is 0 Å². The van der Waals surface area contributed by atoms with E-state index in [0.717, 1.165) is 18.7 Å². The molecule has 0 aromatic heterocycles. The lowest BCUT2D eigenvalue weighted by Gasteiger charge is -2.36. The third-order valence-corrected chi connectivity index (χ3v) is 4.18. The molecule has 2 rings (SSSR count). The van der Waals surface area contributed by atoms with Crippen molar-refractivity contribution >= 4 is 11.6 Å². The second-order valence-corrected chi connectivity index (χ2v) is 6.01. The Morgan fingerprint density at radius 3 is 2.55 bits per heavy atom. The first-order chi connectivity index (χ1) is 9.67. The van der Waals surface area contributed by atoms with Crippen molar-refractivity contribution in [2.45, 2.75) is 57.9 Å². The average Bonchev–Trinajstić information content (AvgIpc) is 2.75. The Bertz CT molecular complexity index is 441. The molecule has 0 saturated carbocycles. The van der Waals surface area contributed by atoms with Crippen LogP contribution < -0.4 is 10.6 Å². The van der Waals surface area contributed by atoms with Gasteiger partial charge in [-0.1, -0.05) is 57.2 Å². The SMILES string of the molecule is CCCCCCCC1(C)CN=C(N)N1c1ccccc1. The maximum absolute atomic E-state index is 6.11. The fourth-order valence-corrected chi connectivity index (χ4v) is 2.99. The van der Waals surface area contributed by atoms with Crippen molar-refractivity contribution in [1.29, 1.82) is 0 Å². The molecule has 1 aliphatic heterocycles. The Hall–Kier alpha value is -1.51. The second-order valence-electron chi connectivity index (χ2n) is 6.01. The van der Waals surface area contributed by atoms with Crippen LogP contribution in [0.2, 0.25) is 0 Å². The van der Waals surface area contributed by atoms with Gasteiger partial charge in [-0.05, 0) is 25.5 Å². The van der Waals surface area contributed by atoms with Gasteiger partial charge >= 0.3 is 0 Å². The number of unbranched alkanes of at least 4 members (excludes halogenated alkanes) is 4. The fourth-order valence-electron chi connectivity index (χ4n) is 2.99. The zero-order chi connectivity index (χ0) is 14.4. The summed E-state index contributed by atoms with van der Waals surface area (Å²) in [5.74, 6) is 0.659. The third kappa shape index (κ3) is 3.33. The molecule has 0 spiro atoms. The molecule has 0 amide bonds. The number of aliphatic imine (C=N–C) groups is 1. The molecule has 1 aromatic carbocycles. The van der Waals surface area contributed by atoms with Crippen LogP contribution in [0.15, 0.2) is 35.3 Å². The molecule has 1 aliphatic rings. The predicted molar refractivity (Wildman–Crippen MR) is 87.2 cm³/mol. The Balaban J connectivity index is 1.99. The van der Waals surface area contributed by atoms with E-state index in [-0.39, 0.29) is 5.54 Å². The number of guanidine groups is 1. The number of rotatable bonds is 7. The monoisotopic (exact) mass is 273 g/mol. The van der Waals surface area contributed by atoms with Crippen molar-refractivity contribution in [3.8, 4) is 0 Å². The van der Waals surface area contributed by atoms with Crippen LogP contribution in [-0.2, 0) is 0 Å². The van der Waals surface area contributed by atoms with Gasteiger partial charge < -0.3 is 10.6 Å². The number of hydrogen-bond acceptors (Lipinski definition) is 3. The van der Waals surface area contributed by atoms with E-state index in [4.69, 9.17) is 5.73 Å². The topological polar surface area (TPSA) is 41.6 Å². The number of benzene rings is 1. The lowest BCUT2D eigenvalue weighted by atomic mass is 9.92. The fraction of sp³-hybridized carbons (Fsp3) is 0.588. The molecule has 1 atom stereocenters. The Morgan fingerprint density at radius 1 is 1.15 bits per heavy atom. The van der Waals surface area contributed by atoms with Gasteiger partial charge in [0.15, 0.2) is 5.96 Å². The summed E-state index contributed by atoms with van der Waals surface area (Å²) in [6.45, 7) is 5.34. The molecule has 0 saturated heterocycles. The highest BCUT2D eigenvalue weighted by Crippen LogP contribution is 2.32. The molecule has 0 fully saturated rings. The van der Waals surface area contributed by atoms with Gasteiger partial charge in [0.2, 0.25) is 0 Å². The molecule has 0 bridgehead atoms. The number of nitrogens with zero attached hydrogens (tertiary/aromatic N) is 2. The molecule has 1 unspecified atom stereocenters. The smallest absolute Gasteiger partial charge is 0.196 e. The Kier molecular flexibility index (Phi) is 5.05. The van der Waals surface area contributed by atoms with Crippen molar-refractivity contribution in [2.75, 3.05) is 11.4 Å². The first-order valence-electron chi connectivity index (χ1n) is 7.82. The normalized spacial score (nSPS) is 22.1. The molecule has 110 valence electrons. The number of anilines is 1. The lowest BCUT2D eigenvalue weighted by Crippen LogP contribution is -2.49. The minimum absolute atomic E-state index is 0.0393. The molecule has 3 heteroatoms. The summed E-state index contributed by atoms with van der Waals surface area (Å²) in [5.41, 5.74) is 7.31. The van der Waals surface area contributed by atoms with Crippen LogP contribution in [0.1, 0.15) is 52.4 Å². The van der Waals surface area contributed by atoms with Gasteiger partial charge in [-0.2, -0.15) is 0 Å². The summed E-state index contributed by atoms with van der Waals surface area (Å²) in [4.78, 5) is 6.70. The lowest BCUT2D eigenvalue weighted by molar-refractivity contribution is 0.433. The first-order valence-corrected chi connectivity index (χ1v) is 7.82. The number of nitrogens with two attached hydrogens (primary N) is 1. The van der Waals surface area contributed by atoms with Crippen molar-refractivity contribution in [3.63, 3.8) is 0 Å². The molecule has 2 N–H and O–H groups in total. The predicted octanol–water partition coefficient (Wildman–Crippen LogP) is 3.94. The summed E-state index contributed by atoms with van der Waals surface area (Å²) in [6.07, 6.45) is 7.69. The van der Waals surface area contributed by atoms with E-state index in [2.05, 4.69) is 48.0 Å². The molecule has 0 radical (unpaired) electrons. The molecule has 0 aliphatic carbocycles. The standard InChI is InChI=1S/C17H27N3/c1-3-4-5-6-10-13-17(2)14-19-16(18)20(17)15-11-8-7-9-12-15/h7-9,11-12H,3-6,10,13-14H2,1-2H3,(H2,18,19). The molecule has 1 heterocycles. The third-order valence-electron chi connectivity index (χ3n) is 4.18. The Morgan fingerprint density at radius 2 is 1.85 bits per heavy atom. The zero-order valence-corrected chi connectivity index (χ0v) is 12.8. The summed E-state index contributed by atoms with van der Waals surface area (Å²) < 4.78 is 0. The summed E-state index contributed by atoms with van der Waals surface area (Å²) in [5, 5.41) is 0. The van der Waals surface area contributed by atoms with Crippen molar-refractivity contribution in [2.24, 2.45) is 10.7 Å². The maximum atomic E-state index is 6.11. The van der Waals surface area contributed by atoms with Crippen LogP contribution in [-0.4, -0.2) is 18.0 Å². The van der Waals surface area contributed by atoms with E-state index in [0.29, 0.717) is 5.96 Å². The van der Waals surface area contributed by atoms with Crippen LogP contribution in [0.4, 0.5) is 5.69 Å². The number of hydrogen-bond donors (Lipinski definition) is 1.